The monoisotopic (exact) mass is 369 g/mol. The number of carbonyl (C=O) groups excluding carboxylic acids is 1. The van der Waals surface area contributed by atoms with Gasteiger partial charge in [0.1, 0.15) is 5.54 Å². The largest absolute Gasteiger partial charge is 0.481 e. The van der Waals surface area contributed by atoms with Crippen LogP contribution in [0.25, 0.3) is 0 Å². The average Bonchev–Trinajstić information content (AvgIpc) is 2.52. The molecule has 1 amide bonds. The molecule has 0 heterocycles. The minimum absolute atomic E-state index is 0.252. The van der Waals surface area contributed by atoms with E-state index in [1.807, 2.05) is 0 Å². The maximum absolute atomic E-state index is 12.3. The van der Waals surface area contributed by atoms with Gasteiger partial charge in [-0.1, -0.05) is 64.7 Å². The molecule has 1 aliphatic rings. The molecule has 6 heteroatoms. The highest BCUT2D eigenvalue weighted by Gasteiger charge is 2.50. The van der Waals surface area contributed by atoms with Gasteiger partial charge in [0.15, 0.2) is 0 Å². The Bertz CT molecular complexity index is 467. The summed E-state index contributed by atoms with van der Waals surface area (Å²) in [6.45, 7) is 2.94. The highest BCUT2D eigenvalue weighted by atomic mass is 16.4. The van der Waals surface area contributed by atoms with Gasteiger partial charge in [-0.25, -0.2) is 4.79 Å². The molecule has 0 radical (unpaired) electrons. The summed E-state index contributed by atoms with van der Waals surface area (Å²) < 4.78 is 0. The summed E-state index contributed by atoms with van der Waals surface area (Å²) >= 11 is 0. The van der Waals surface area contributed by atoms with Crippen LogP contribution < -0.4 is 5.32 Å². The molecule has 1 rings (SSSR count). The van der Waals surface area contributed by atoms with E-state index in [-0.39, 0.29) is 12.3 Å². The first-order valence-corrected chi connectivity index (χ1v) is 10.0. The van der Waals surface area contributed by atoms with E-state index in [9.17, 15) is 24.6 Å². The van der Waals surface area contributed by atoms with Crippen molar-refractivity contribution in [3.8, 4) is 0 Å². The average molecular weight is 370 g/mol. The van der Waals surface area contributed by atoms with Crippen LogP contribution in [0.3, 0.4) is 0 Å². The highest BCUT2D eigenvalue weighted by Crippen LogP contribution is 2.37. The van der Waals surface area contributed by atoms with Crippen LogP contribution in [-0.4, -0.2) is 33.6 Å². The predicted molar refractivity (Wildman–Crippen MR) is 99.9 cm³/mol. The second-order valence-electron chi connectivity index (χ2n) is 7.81. The van der Waals surface area contributed by atoms with Gasteiger partial charge in [-0.3, -0.25) is 9.59 Å². The van der Waals surface area contributed by atoms with Crippen LogP contribution in [0.2, 0.25) is 0 Å². The molecule has 26 heavy (non-hydrogen) atoms. The van der Waals surface area contributed by atoms with Crippen LogP contribution in [0.4, 0.5) is 0 Å². The number of hydrogen-bond acceptors (Lipinski definition) is 3. The zero-order chi connectivity index (χ0) is 19.6. The summed E-state index contributed by atoms with van der Waals surface area (Å²) in [5.74, 6) is -3.51. The van der Waals surface area contributed by atoms with Crippen molar-refractivity contribution >= 4 is 17.8 Å². The Morgan fingerprint density at radius 1 is 0.923 bits per heavy atom. The van der Waals surface area contributed by atoms with Gasteiger partial charge in [-0.2, -0.15) is 0 Å². The third-order valence-electron chi connectivity index (χ3n) is 5.74. The summed E-state index contributed by atoms with van der Waals surface area (Å²) in [5, 5.41) is 22.0. The summed E-state index contributed by atoms with van der Waals surface area (Å²) in [6, 6.07) is 0. The predicted octanol–water partition coefficient (Wildman–Crippen LogP) is 3.98. The molecule has 1 aliphatic carbocycles. The standard InChI is InChI=1S/C20H35NO5/c1-15(14-18(23)24)20(19(25)26,21-16(2)22)17-12-10-8-6-4-3-5-7-9-11-13-17/h15,17H,3-14H2,1-2H3,(H,21,22)(H,23,24)(H,25,26). The number of carboxylic acid groups (broad SMARTS) is 2. The van der Waals surface area contributed by atoms with Gasteiger partial charge >= 0.3 is 11.9 Å². The van der Waals surface area contributed by atoms with Crippen LogP contribution in [-0.2, 0) is 14.4 Å². The molecule has 6 nitrogen and oxygen atoms in total. The van der Waals surface area contributed by atoms with Crippen molar-refractivity contribution in [3.05, 3.63) is 0 Å². The van der Waals surface area contributed by atoms with E-state index in [1.54, 1.807) is 6.92 Å². The van der Waals surface area contributed by atoms with Gasteiger partial charge in [0.05, 0.1) is 6.42 Å². The van der Waals surface area contributed by atoms with Gasteiger partial charge in [-0.05, 0) is 18.8 Å². The van der Waals surface area contributed by atoms with Crippen molar-refractivity contribution in [2.45, 2.75) is 96.4 Å². The van der Waals surface area contributed by atoms with Gasteiger partial charge < -0.3 is 15.5 Å². The van der Waals surface area contributed by atoms with Crippen molar-refractivity contribution in [1.82, 2.24) is 5.32 Å². The van der Waals surface area contributed by atoms with Crippen molar-refractivity contribution in [1.29, 1.82) is 0 Å². The van der Waals surface area contributed by atoms with E-state index >= 15 is 0 Å². The molecule has 0 spiro atoms. The Labute approximate surface area is 156 Å². The number of aliphatic carboxylic acids is 2. The maximum atomic E-state index is 12.3. The van der Waals surface area contributed by atoms with Crippen molar-refractivity contribution in [2.24, 2.45) is 11.8 Å². The SMILES string of the molecule is CC(=O)NC(C(=O)O)(C(C)CC(=O)O)C1CCCCCCCCCCC1. The normalized spacial score (nSPS) is 21.5. The van der Waals surface area contributed by atoms with Crippen molar-refractivity contribution in [3.63, 3.8) is 0 Å². The molecule has 0 aliphatic heterocycles. The molecular formula is C20H35NO5. The summed E-state index contributed by atoms with van der Waals surface area (Å²) in [6.07, 6.45) is 11.1. The lowest BCUT2D eigenvalue weighted by Gasteiger charge is -2.42. The second kappa shape index (κ2) is 11.2. The lowest BCUT2D eigenvalue weighted by molar-refractivity contribution is -0.155. The van der Waals surface area contributed by atoms with E-state index in [0.717, 1.165) is 38.5 Å². The smallest absolute Gasteiger partial charge is 0.330 e. The molecule has 1 fully saturated rings. The molecule has 3 N–H and O–H groups in total. The van der Waals surface area contributed by atoms with E-state index in [4.69, 9.17) is 0 Å². The molecule has 1 saturated carbocycles. The molecule has 0 aromatic heterocycles. The number of carbonyl (C=O) groups is 3. The summed E-state index contributed by atoms with van der Waals surface area (Å²) in [7, 11) is 0. The number of nitrogens with one attached hydrogen (secondary N) is 1. The third-order valence-corrected chi connectivity index (χ3v) is 5.74. The Balaban J connectivity index is 3.12. The molecule has 0 aromatic carbocycles. The molecule has 2 unspecified atom stereocenters. The van der Waals surface area contributed by atoms with E-state index < -0.39 is 29.3 Å². The first kappa shape index (κ1) is 22.5. The van der Waals surface area contributed by atoms with E-state index in [0.29, 0.717) is 12.8 Å². The van der Waals surface area contributed by atoms with Crippen molar-refractivity contribution < 1.29 is 24.6 Å². The molecule has 0 saturated heterocycles. The quantitative estimate of drug-likeness (QED) is 0.657. The number of hydrogen-bond donors (Lipinski definition) is 3. The zero-order valence-electron chi connectivity index (χ0n) is 16.3. The Hall–Kier alpha value is -1.59. The fourth-order valence-corrected chi connectivity index (χ4v) is 4.40. The second-order valence-corrected chi connectivity index (χ2v) is 7.81. The number of amides is 1. The fraction of sp³-hybridized carbons (Fsp3) is 0.850. The minimum Gasteiger partial charge on any atom is -0.481 e. The van der Waals surface area contributed by atoms with E-state index in [1.165, 1.54) is 26.2 Å². The van der Waals surface area contributed by atoms with Crippen LogP contribution >= 0.6 is 0 Å². The Kier molecular flexibility index (Phi) is 9.66. The van der Waals surface area contributed by atoms with Crippen LogP contribution in [0.5, 0.6) is 0 Å². The Morgan fingerprint density at radius 2 is 1.35 bits per heavy atom. The lowest BCUT2D eigenvalue weighted by Crippen LogP contribution is -2.63. The zero-order valence-corrected chi connectivity index (χ0v) is 16.3. The van der Waals surface area contributed by atoms with E-state index in [2.05, 4.69) is 5.32 Å². The summed E-state index contributed by atoms with van der Waals surface area (Å²) in [4.78, 5) is 35.4. The van der Waals surface area contributed by atoms with Gasteiger partial charge in [0.25, 0.3) is 0 Å². The molecule has 0 aromatic rings. The van der Waals surface area contributed by atoms with Crippen molar-refractivity contribution in [2.75, 3.05) is 0 Å². The topological polar surface area (TPSA) is 104 Å². The fourth-order valence-electron chi connectivity index (χ4n) is 4.40. The molecule has 150 valence electrons. The highest BCUT2D eigenvalue weighted by molar-refractivity contribution is 5.87. The first-order valence-electron chi connectivity index (χ1n) is 10.0. The van der Waals surface area contributed by atoms with Crippen LogP contribution in [0.1, 0.15) is 90.9 Å². The molecule has 2 atom stereocenters. The first-order chi connectivity index (χ1) is 12.3. The lowest BCUT2D eigenvalue weighted by atomic mass is 9.69. The number of carboxylic acids is 2. The van der Waals surface area contributed by atoms with Gasteiger partial charge in [0.2, 0.25) is 5.91 Å². The molecular weight excluding hydrogens is 334 g/mol. The van der Waals surface area contributed by atoms with Gasteiger partial charge in [-0.15, -0.1) is 0 Å². The number of rotatable bonds is 6. The molecule has 0 bridgehead atoms. The third kappa shape index (κ3) is 6.61. The van der Waals surface area contributed by atoms with Crippen LogP contribution in [0, 0.1) is 11.8 Å². The van der Waals surface area contributed by atoms with Gasteiger partial charge in [0, 0.05) is 12.8 Å². The Morgan fingerprint density at radius 3 is 1.69 bits per heavy atom. The minimum atomic E-state index is -1.52. The summed E-state index contributed by atoms with van der Waals surface area (Å²) in [5.41, 5.74) is -1.52. The maximum Gasteiger partial charge on any atom is 0.330 e. The van der Waals surface area contributed by atoms with Crippen LogP contribution in [0.15, 0.2) is 0 Å².